The van der Waals surface area contributed by atoms with Crippen LogP contribution in [0.1, 0.15) is 81.3 Å². The van der Waals surface area contributed by atoms with Gasteiger partial charge in [0.2, 0.25) is 0 Å². The van der Waals surface area contributed by atoms with Crippen molar-refractivity contribution in [3.63, 3.8) is 0 Å². The van der Waals surface area contributed by atoms with Gasteiger partial charge in [-0.2, -0.15) is 0 Å². The Kier molecular flexibility index (Phi) is 10.5. The molecule has 10 nitrogen and oxygen atoms in total. The minimum Gasteiger partial charge on any atom is -0.469 e. The Bertz CT molecular complexity index is 1050. The minimum atomic E-state index is -0.493. The lowest BCUT2D eigenvalue weighted by atomic mass is 10.0. The summed E-state index contributed by atoms with van der Waals surface area (Å²) < 4.78 is 19.8. The molecule has 0 aliphatic rings. The number of methoxy groups -OCH3 is 2. The van der Waals surface area contributed by atoms with Crippen LogP contribution in [0.4, 0.5) is 0 Å². The number of aromatic amines is 2. The summed E-state index contributed by atoms with van der Waals surface area (Å²) in [6, 6.07) is 0. The molecule has 0 spiro atoms. The summed E-state index contributed by atoms with van der Waals surface area (Å²) in [7, 11) is 2.64. The number of aromatic nitrogens is 2. The summed E-state index contributed by atoms with van der Waals surface area (Å²) >= 11 is 0. The van der Waals surface area contributed by atoms with Gasteiger partial charge in [-0.05, 0) is 74.9 Å². The van der Waals surface area contributed by atoms with E-state index in [-0.39, 0.29) is 38.0 Å². The fourth-order valence-corrected chi connectivity index (χ4v) is 3.88. The highest BCUT2D eigenvalue weighted by molar-refractivity contribution is 5.92. The normalized spacial score (nSPS) is 10.9. The van der Waals surface area contributed by atoms with Gasteiger partial charge in [0, 0.05) is 24.2 Å². The van der Waals surface area contributed by atoms with Gasteiger partial charge in [-0.3, -0.25) is 9.59 Å². The summed E-state index contributed by atoms with van der Waals surface area (Å²) in [5, 5.41) is 0. The Morgan fingerprint density at radius 3 is 1.36 bits per heavy atom. The molecule has 2 N–H and O–H groups in total. The minimum absolute atomic E-state index is 0.136. The summed E-state index contributed by atoms with van der Waals surface area (Å²) in [5.41, 5.74) is 4.73. The first-order valence-corrected chi connectivity index (χ1v) is 11.8. The molecule has 0 aromatic carbocycles. The van der Waals surface area contributed by atoms with E-state index in [9.17, 15) is 19.2 Å². The van der Waals surface area contributed by atoms with Crippen LogP contribution in [0, 0.1) is 13.8 Å². The second kappa shape index (κ2) is 13.3. The van der Waals surface area contributed by atoms with Gasteiger partial charge in [-0.1, -0.05) is 0 Å². The molecule has 0 bridgehead atoms. The first-order valence-electron chi connectivity index (χ1n) is 11.8. The quantitative estimate of drug-likeness (QED) is 0.331. The van der Waals surface area contributed by atoms with Gasteiger partial charge in [0.05, 0.1) is 27.4 Å². The molecule has 0 unspecified atom stereocenters. The van der Waals surface area contributed by atoms with Crippen LogP contribution < -0.4 is 0 Å². The molecule has 2 rings (SSSR count). The zero-order chi connectivity index (χ0) is 26.8. The second-order valence-electron chi connectivity index (χ2n) is 7.96. The van der Waals surface area contributed by atoms with Crippen molar-refractivity contribution in [1.82, 2.24) is 9.97 Å². The predicted molar refractivity (Wildman–Crippen MR) is 133 cm³/mol. The molecule has 0 atom stereocenters. The average Bonchev–Trinajstić information content (AvgIpc) is 3.35. The fraction of sp³-hybridized carbons (Fsp3) is 0.462. The van der Waals surface area contributed by atoms with E-state index >= 15 is 0 Å². The van der Waals surface area contributed by atoms with Crippen LogP contribution in [0.5, 0.6) is 0 Å². The molecule has 196 valence electrons. The Balaban J connectivity index is 2.52. The van der Waals surface area contributed by atoms with Crippen molar-refractivity contribution in [3.8, 4) is 0 Å². The van der Waals surface area contributed by atoms with Gasteiger partial charge in [0.15, 0.2) is 0 Å². The molecule has 2 aromatic heterocycles. The van der Waals surface area contributed by atoms with Gasteiger partial charge >= 0.3 is 23.9 Å². The largest absolute Gasteiger partial charge is 0.469 e. The SMILES string of the molecule is CCOC(=O)c1[nH]c(/C=C/c2[nH]c(C(=O)OCC)c(C)c2CCC(=O)OC)c(CCC(=O)OC)c1C. The molecular formula is C26H34N2O8. The van der Waals surface area contributed by atoms with Crippen LogP contribution in [0.3, 0.4) is 0 Å². The highest BCUT2D eigenvalue weighted by Gasteiger charge is 2.22. The number of H-pyrrole nitrogens is 2. The highest BCUT2D eigenvalue weighted by Crippen LogP contribution is 2.26. The molecule has 0 radical (unpaired) electrons. The van der Waals surface area contributed by atoms with Crippen molar-refractivity contribution in [3.05, 3.63) is 45.0 Å². The van der Waals surface area contributed by atoms with Crippen LogP contribution in [-0.4, -0.2) is 61.3 Å². The van der Waals surface area contributed by atoms with Crippen molar-refractivity contribution < 1.29 is 38.1 Å². The highest BCUT2D eigenvalue weighted by atomic mass is 16.5. The van der Waals surface area contributed by atoms with Gasteiger partial charge < -0.3 is 28.9 Å². The molecule has 0 amide bonds. The molecular weight excluding hydrogens is 468 g/mol. The molecule has 2 aromatic rings. The van der Waals surface area contributed by atoms with Crippen LogP contribution in [0.15, 0.2) is 0 Å². The number of carbonyl (C=O) groups is 4. The van der Waals surface area contributed by atoms with Gasteiger partial charge in [-0.25, -0.2) is 9.59 Å². The maximum absolute atomic E-state index is 12.4. The number of esters is 4. The fourth-order valence-electron chi connectivity index (χ4n) is 3.88. The maximum Gasteiger partial charge on any atom is 0.355 e. The smallest absolute Gasteiger partial charge is 0.355 e. The van der Waals surface area contributed by atoms with Crippen LogP contribution in [0.2, 0.25) is 0 Å². The molecule has 0 fully saturated rings. The molecule has 0 saturated carbocycles. The Morgan fingerprint density at radius 2 is 1.06 bits per heavy atom. The lowest BCUT2D eigenvalue weighted by Gasteiger charge is -2.04. The Labute approximate surface area is 210 Å². The zero-order valence-corrected chi connectivity index (χ0v) is 21.7. The number of ether oxygens (including phenoxy) is 4. The summed E-state index contributed by atoms with van der Waals surface area (Å²) in [6.45, 7) is 7.46. The molecule has 0 aliphatic heterocycles. The monoisotopic (exact) mass is 502 g/mol. The molecule has 36 heavy (non-hydrogen) atoms. The first kappa shape index (κ1) is 28.4. The van der Waals surface area contributed by atoms with E-state index in [1.165, 1.54) is 14.2 Å². The Hall–Kier alpha value is -3.82. The Morgan fingerprint density at radius 1 is 0.694 bits per heavy atom. The van der Waals surface area contributed by atoms with E-state index in [0.717, 1.165) is 11.1 Å². The lowest BCUT2D eigenvalue weighted by molar-refractivity contribution is -0.141. The van der Waals surface area contributed by atoms with Crippen molar-refractivity contribution in [2.45, 2.75) is 53.4 Å². The van der Waals surface area contributed by atoms with E-state index in [4.69, 9.17) is 18.9 Å². The van der Waals surface area contributed by atoms with Crippen LogP contribution in [-0.2, 0) is 41.4 Å². The summed E-state index contributed by atoms with van der Waals surface area (Å²) in [4.78, 5) is 54.6. The number of hydrogen-bond acceptors (Lipinski definition) is 8. The zero-order valence-electron chi connectivity index (χ0n) is 21.7. The number of rotatable bonds is 12. The van der Waals surface area contributed by atoms with Crippen molar-refractivity contribution in [1.29, 1.82) is 0 Å². The number of hydrogen-bond donors (Lipinski definition) is 2. The topological polar surface area (TPSA) is 137 Å². The van der Waals surface area contributed by atoms with E-state index in [0.29, 0.717) is 46.7 Å². The molecule has 0 saturated heterocycles. The summed E-state index contributed by atoms with van der Waals surface area (Å²) in [6.07, 6.45) is 4.48. The van der Waals surface area contributed by atoms with Crippen molar-refractivity contribution in [2.24, 2.45) is 0 Å². The van der Waals surface area contributed by atoms with E-state index in [2.05, 4.69) is 9.97 Å². The van der Waals surface area contributed by atoms with E-state index < -0.39 is 11.9 Å². The number of nitrogens with one attached hydrogen (secondary N) is 2. The molecule has 10 heteroatoms. The third-order valence-corrected chi connectivity index (χ3v) is 5.81. The summed E-state index contributed by atoms with van der Waals surface area (Å²) in [5.74, 6) is -1.72. The third-order valence-electron chi connectivity index (χ3n) is 5.81. The van der Waals surface area contributed by atoms with Gasteiger partial charge in [-0.15, -0.1) is 0 Å². The van der Waals surface area contributed by atoms with Gasteiger partial charge in [0.25, 0.3) is 0 Å². The van der Waals surface area contributed by atoms with Crippen molar-refractivity contribution in [2.75, 3.05) is 27.4 Å². The maximum atomic E-state index is 12.4. The lowest BCUT2D eigenvalue weighted by Crippen LogP contribution is -2.07. The first-order chi connectivity index (χ1) is 17.2. The number of carbonyl (C=O) groups excluding carboxylic acids is 4. The molecule has 2 heterocycles. The third kappa shape index (κ3) is 6.87. The van der Waals surface area contributed by atoms with E-state index in [1.807, 2.05) is 0 Å². The van der Waals surface area contributed by atoms with Crippen LogP contribution in [0.25, 0.3) is 12.2 Å². The van der Waals surface area contributed by atoms with Gasteiger partial charge in [0.1, 0.15) is 11.4 Å². The van der Waals surface area contributed by atoms with Crippen LogP contribution >= 0.6 is 0 Å². The molecule has 0 aliphatic carbocycles. The van der Waals surface area contributed by atoms with Crippen molar-refractivity contribution >= 4 is 36.0 Å². The predicted octanol–water partition coefficient (Wildman–Crippen LogP) is 3.69. The second-order valence-corrected chi connectivity index (χ2v) is 7.96. The average molecular weight is 503 g/mol. The standard InChI is InChI=1S/C26H34N2O8/c1-7-35-25(31)23-15(3)17(9-13-21(29)33-5)19(27-23)11-12-20-18(10-14-22(30)34-6)16(4)24(28-20)26(32)36-8-2/h11-12,27-28H,7-10,13-14H2,1-6H3/b12-11+. The van der Waals surface area contributed by atoms with E-state index in [1.54, 1.807) is 39.8 Å².